The zero-order valence-corrected chi connectivity index (χ0v) is 9.89. The largest absolute Gasteiger partial charge is 0.363 e. The summed E-state index contributed by atoms with van der Waals surface area (Å²) in [6.45, 7) is 3.63. The van der Waals surface area contributed by atoms with Gasteiger partial charge in [0, 0.05) is 12.6 Å². The van der Waals surface area contributed by atoms with Crippen molar-refractivity contribution in [1.29, 1.82) is 0 Å². The first-order valence-electron chi connectivity index (χ1n) is 5.16. The summed E-state index contributed by atoms with van der Waals surface area (Å²) in [6, 6.07) is 0.548. The summed E-state index contributed by atoms with van der Waals surface area (Å²) >= 11 is 0. The second kappa shape index (κ2) is 5.71. The minimum atomic E-state index is -0.654. The van der Waals surface area contributed by atoms with E-state index in [-0.39, 0.29) is 11.4 Å². The number of nitrogens with one attached hydrogen (secondary N) is 2. The summed E-state index contributed by atoms with van der Waals surface area (Å²) in [6.07, 6.45) is 1.07. The number of amides is 3. The van der Waals surface area contributed by atoms with Gasteiger partial charge in [0.1, 0.15) is 0 Å². The molecular weight excluding hydrogens is 240 g/mol. The maximum absolute atomic E-state index is 11.7. The number of hydrogen-bond donors (Lipinski definition) is 2. The molecule has 1 rings (SSSR count). The van der Waals surface area contributed by atoms with Crippen LogP contribution >= 0.6 is 0 Å². The van der Waals surface area contributed by atoms with Gasteiger partial charge < -0.3 is 15.4 Å². The molecule has 2 N–H and O–H groups in total. The molecule has 0 aliphatic heterocycles. The summed E-state index contributed by atoms with van der Waals surface area (Å²) in [5, 5.41) is 15.0. The Morgan fingerprint density at radius 1 is 1.50 bits per heavy atom. The molecular formula is C10H12N4O4. The monoisotopic (exact) mass is 252 g/mol. The predicted octanol–water partition coefficient (Wildman–Crippen LogP) is 0.758. The second-order valence-corrected chi connectivity index (χ2v) is 3.43. The average Bonchev–Trinajstić information content (AvgIpc) is 2.28. The first-order chi connectivity index (χ1) is 8.45. The molecule has 96 valence electrons. The fourth-order valence-corrected chi connectivity index (χ4v) is 1.25. The molecule has 8 nitrogen and oxygen atoms in total. The number of urea groups is 1. The Bertz CT molecular complexity index is 501. The molecule has 0 aliphatic rings. The van der Waals surface area contributed by atoms with Gasteiger partial charge in [0.15, 0.2) is 6.20 Å². The van der Waals surface area contributed by atoms with Crippen LogP contribution in [0.15, 0.2) is 12.3 Å². The van der Waals surface area contributed by atoms with Crippen molar-refractivity contribution in [3.8, 4) is 0 Å². The number of aromatic nitrogens is 1. The van der Waals surface area contributed by atoms with Crippen LogP contribution in [0.4, 0.5) is 10.6 Å². The van der Waals surface area contributed by atoms with Crippen LogP contribution < -0.4 is 10.6 Å². The SMILES string of the molecule is CCNC(=O)NC(=O)c1cnc([N+](=O)[O-])cc1C. The lowest BCUT2D eigenvalue weighted by atomic mass is 10.1. The summed E-state index contributed by atoms with van der Waals surface area (Å²) in [5.41, 5.74) is 0.491. The van der Waals surface area contributed by atoms with Gasteiger partial charge in [0.2, 0.25) is 0 Å². The molecule has 1 heterocycles. The van der Waals surface area contributed by atoms with E-state index < -0.39 is 16.9 Å². The van der Waals surface area contributed by atoms with Crippen LogP contribution in [0.5, 0.6) is 0 Å². The van der Waals surface area contributed by atoms with E-state index in [2.05, 4.69) is 15.6 Å². The van der Waals surface area contributed by atoms with Gasteiger partial charge in [-0.3, -0.25) is 10.1 Å². The molecule has 0 radical (unpaired) electrons. The topological polar surface area (TPSA) is 114 Å². The van der Waals surface area contributed by atoms with E-state index in [1.165, 1.54) is 13.0 Å². The van der Waals surface area contributed by atoms with Gasteiger partial charge in [0.25, 0.3) is 5.91 Å². The number of imide groups is 1. The third kappa shape index (κ3) is 3.24. The standard InChI is InChI=1S/C10H12N4O4/c1-3-11-10(16)13-9(15)7-5-12-8(14(17)18)4-6(7)2/h4-5H,3H2,1-2H3,(H2,11,13,15,16). The lowest BCUT2D eigenvalue weighted by Crippen LogP contribution is -2.39. The molecule has 1 aromatic heterocycles. The fourth-order valence-electron chi connectivity index (χ4n) is 1.25. The lowest BCUT2D eigenvalue weighted by molar-refractivity contribution is -0.389. The van der Waals surface area contributed by atoms with Crippen molar-refractivity contribution >= 4 is 17.8 Å². The van der Waals surface area contributed by atoms with E-state index in [1.807, 2.05) is 0 Å². The summed E-state index contributed by atoms with van der Waals surface area (Å²) in [4.78, 5) is 36.1. The molecule has 0 saturated heterocycles. The summed E-state index contributed by atoms with van der Waals surface area (Å²) < 4.78 is 0. The van der Waals surface area contributed by atoms with E-state index >= 15 is 0 Å². The minimum Gasteiger partial charge on any atom is -0.358 e. The maximum atomic E-state index is 11.7. The smallest absolute Gasteiger partial charge is 0.358 e. The Labute approximate surface area is 103 Å². The number of aryl methyl sites for hydroxylation is 1. The number of pyridine rings is 1. The third-order valence-corrected chi connectivity index (χ3v) is 2.09. The van der Waals surface area contributed by atoms with Gasteiger partial charge in [-0.15, -0.1) is 0 Å². The maximum Gasteiger partial charge on any atom is 0.363 e. The van der Waals surface area contributed by atoms with Gasteiger partial charge in [0.05, 0.1) is 5.56 Å². The van der Waals surface area contributed by atoms with E-state index in [0.717, 1.165) is 6.20 Å². The molecule has 0 atom stereocenters. The first kappa shape index (κ1) is 13.6. The molecule has 1 aromatic rings. The Morgan fingerprint density at radius 2 is 2.17 bits per heavy atom. The normalized spacial score (nSPS) is 9.67. The van der Waals surface area contributed by atoms with E-state index in [9.17, 15) is 19.7 Å². The van der Waals surface area contributed by atoms with Crippen LogP contribution in [0.1, 0.15) is 22.8 Å². The highest BCUT2D eigenvalue weighted by atomic mass is 16.6. The minimum absolute atomic E-state index is 0.117. The van der Waals surface area contributed by atoms with Crippen LogP contribution in [0, 0.1) is 17.0 Å². The molecule has 3 amide bonds. The highest BCUT2D eigenvalue weighted by Gasteiger charge is 2.17. The van der Waals surface area contributed by atoms with Gasteiger partial charge in [-0.05, 0) is 29.3 Å². The average molecular weight is 252 g/mol. The second-order valence-electron chi connectivity index (χ2n) is 3.43. The Balaban J connectivity index is 2.87. The highest BCUT2D eigenvalue weighted by molar-refractivity contribution is 6.04. The van der Waals surface area contributed by atoms with Crippen molar-refractivity contribution in [3.05, 3.63) is 33.5 Å². The Morgan fingerprint density at radius 3 is 2.67 bits per heavy atom. The summed E-state index contributed by atoms with van der Waals surface area (Å²) in [7, 11) is 0. The van der Waals surface area contributed by atoms with Gasteiger partial charge >= 0.3 is 11.8 Å². The number of carbonyl (C=O) groups is 2. The van der Waals surface area contributed by atoms with Gasteiger partial charge in [-0.25, -0.2) is 4.79 Å². The molecule has 0 unspecified atom stereocenters. The van der Waals surface area contributed by atoms with Gasteiger partial charge in [-0.1, -0.05) is 0 Å². The first-order valence-corrected chi connectivity index (χ1v) is 5.16. The Kier molecular flexibility index (Phi) is 4.30. The third-order valence-electron chi connectivity index (χ3n) is 2.09. The van der Waals surface area contributed by atoms with Crippen LogP contribution in [0.3, 0.4) is 0 Å². The van der Waals surface area contributed by atoms with Crippen molar-refractivity contribution < 1.29 is 14.5 Å². The van der Waals surface area contributed by atoms with Crippen molar-refractivity contribution in [2.45, 2.75) is 13.8 Å². The molecule has 0 fully saturated rings. The number of rotatable bonds is 3. The number of carbonyl (C=O) groups excluding carboxylic acids is 2. The van der Waals surface area contributed by atoms with Crippen molar-refractivity contribution in [2.75, 3.05) is 6.54 Å². The zero-order chi connectivity index (χ0) is 13.7. The summed E-state index contributed by atoms with van der Waals surface area (Å²) in [5.74, 6) is -0.997. The van der Waals surface area contributed by atoms with Crippen LogP contribution in [0.2, 0.25) is 0 Å². The van der Waals surface area contributed by atoms with Crippen molar-refractivity contribution in [1.82, 2.24) is 15.6 Å². The van der Waals surface area contributed by atoms with Gasteiger partial charge in [-0.2, -0.15) is 0 Å². The molecule has 0 bridgehead atoms. The van der Waals surface area contributed by atoms with Crippen LogP contribution in [0.25, 0.3) is 0 Å². The van der Waals surface area contributed by atoms with Crippen LogP contribution in [-0.2, 0) is 0 Å². The van der Waals surface area contributed by atoms with E-state index in [0.29, 0.717) is 12.1 Å². The van der Waals surface area contributed by atoms with Crippen molar-refractivity contribution in [3.63, 3.8) is 0 Å². The van der Waals surface area contributed by atoms with Crippen LogP contribution in [-0.4, -0.2) is 28.4 Å². The van der Waals surface area contributed by atoms with Crippen molar-refractivity contribution in [2.24, 2.45) is 0 Å². The predicted molar refractivity (Wildman–Crippen MR) is 62.2 cm³/mol. The fraction of sp³-hybridized carbons (Fsp3) is 0.300. The molecule has 8 heteroatoms. The molecule has 0 aromatic carbocycles. The quantitative estimate of drug-likeness (QED) is 0.608. The molecule has 0 saturated carbocycles. The van der Waals surface area contributed by atoms with E-state index in [1.54, 1.807) is 6.92 Å². The van der Waals surface area contributed by atoms with E-state index in [4.69, 9.17) is 0 Å². The number of nitrogens with zero attached hydrogens (tertiary/aromatic N) is 2. The zero-order valence-electron chi connectivity index (χ0n) is 9.89. The molecule has 0 aliphatic carbocycles. The number of nitro groups is 1. The molecule has 0 spiro atoms. The number of hydrogen-bond acceptors (Lipinski definition) is 5. The molecule has 18 heavy (non-hydrogen) atoms. The lowest BCUT2D eigenvalue weighted by Gasteiger charge is -2.05. The Hall–Kier alpha value is -2.51. The highest BCUT2D eigenvalue weighted by Crippen LogP contribution is 2.13.